The van der Waals surface area contributed by atoms with Gasteiger partial charge in [-0.25, -0.2) is 19.8 Å². The maximum atomic E-state index is 11.3. The number of hydrogen-bond donors (Lipinski definition) is 2. The summed E-state index contributed by atoms with van der Waals surface area (Å²) in [5, 5.41) is 10.9. The molecule has 2 aliphatic rings. The van der Waals surface area contributed by atoms with Crippen molar-refractivity contribution >= 4 is 38.9 Å². The van der Waals surface area contributed by atoms with E-state index in [-0.39, 0.29) is 12.4 Å². The van der Waals surface area contributed by atoms with Gasteiger partial charge in [0.15, 0.2) is 17.7 Å². The van der Waals surface area contributed by atoms with Crippen LogP contribution in [-0.2, 0) is 28.7 Å². The fourth-order valence-electron chi connectivity index (χ4n) is 3.96. The lowest BCUT2D eigenvalue weighted by Crippen LogP contribution is -2.34. The Bertz CT molecular complexity index is 1280. The van der Waals surface area contributed by atoms with E-state index in [2.05, 4.69) is 9.97 Å². The van der Waals surface area contributed by atoms with Gasteiger partial charge < -0.3 is 19.9 Å². The standard InChI is InChI=1S/C19H22N6O6S2/c1-19(2)30-13-11(8-28-33(21,26)27)29-18(14(13)31-19)25-16-12(15(20)22-9-23-16)17(24-25)32-10-6-4-3-5-7-10/h3-7,9,11,13-14,18H,8H2,1-2H3,(H2,20,22,23)(H2,21,26,27)/t11-,13-,14-,18-/m1/s1. The molecule has 0 aliphatic carbocycles. The molecule has 5 rings (SSSR count). The summed E-state index contributed by atoms with van der Waals surface area (Å²) in [6.45, 7) is 3.19. The van der Waals surface area contributed by atoms with Crippen molar-refractivity contribution in [2.75, 3.05) is 12.3 Å². The molecule has 0 amide bonds. The molecular formula is C19H22N6O6S2. The van der Waals surface area contributed by atoms with E-state index in [0.717, 1.165) is 4.90 Å². The van der Waals surface area contributed by atoms with Crippen LogP contribution in [0.15, 0.2) is 46.6 Å². The number of fused-ring (bicyclic) bond motifs is 2. The quantitative estimate of drug-likeness (QED) is 0.505. The minimum Gasteiger partial charge on any atom is -0.383 e. The van der Waals surface area contributed by atoms with E-state index in [0.29, 0.717) is 16.1 Å². The first kappa shape index (κ1) is 22.5. The number of nitrogen functional groups attached to an aromatic ring is 1. The first-order valence-corrected chi connectivity index (χ1v) is 12.3. The van der Waals surface area contributed by atoms with E-state index in [9.17, 15) is 8.42 Å². The van der Waals surface area contributed by atoms with E-state index in [1.54, 1.807) is 18.5 Å². The molecular weight excluding hydrogens is 472 g/mol. The number of aromatic nitrogens is 4. The molecule has 1 aromatic carbocycles. The molecule has 0 unspecified atom stereocenters. The van der Waals surface area contributed by atoms with Crippen LogP contribution in [0.25, 0.3) is 11.0 Å². The van der Waals surface area contributed by atoms with Crippen molar-refractivity contribution in [1.82, 2.24) is 19.7 Å². The van der Waals surface area contributed by atoms with Gasteiger partial charge in [0.25, 0.3) is 0 Å². The highest BCUT2D eigenvalue weighted by Crippen LogP contribution is 2.45. The highest BCUT2D eigenvalue weighted by molar-refractivity contribution is 7.99. The Labute approximate surface area is 193 Å². The summed E-state index contributed by atoms with van der Waals surface area (Å²) in [7, 11) is -4.16. The first-order chi connectivity index (χ1) is 15.6. The third-order valence-electron chi connectivity index (χ3n) is 5.21. The molecule has 12 nitrogen and oxygen atoms in total. The van der Waals surface area contributed by atoms with Gasteiger partial charge in [-0.3, -0.25) is 4.18 Å². The highest BCUT2D eigenvalue weighted by atomic mass is 32.2. The molecule has 2 fully saturated rings. The minimum atomic E-state index is -4.16. The fourth-order valence-corrected chi connectivity index (χ4v) is 5.23. The van der Waals surface area contributed by atoms with Crippen LogP contribution in [0, 0.1) is 0 Å². The molecule has 4 heterocycles. The minimum absolute atomic E-state index is 0.275. The fraction of sp³-hybridized carbons (Fsp3) is 0.421. The maximum Gasteiger partial charge on any atom is 0.333 e. The Morgan fingerprint density at radius 3 is 2.64 bits per heavy atom. The summed E-state index contributed by atoms with van der Waals surface area (Å²) in [6.07, 6.45) is -1.44. The lowest BCUT2D eigenvalue weighted by Gasteiger charge is -2.24. The summed E-state index contributed by atoms with van der Waals surface area (Å²) < 4.78 is 47.2. The van der Waals surface area contributed by atoms with E-state index in [1.807, 2.05) is 30.3 Å². The zero-order valence-electron chi connectivity index (χ0n) is 17.7. The molecule has 0 saturated carbocycles. The van der Waals surface area contributed by atoms with E-state index in [1.165, 1.54) is 18.1 Å². The molecule has 2 aliphatic heterocycles. The third kappa shape index (κ3) is 4.42. The second-order valence-corrected chi connectivity index (χ2v) is 10.3. The molecule has 176 valence electrons. The largest absolute Gasteiger partial charge is 0.383 e. The summed E-state index contributed by atoms with van der Waals surface area (Å²) in [6, 6.07) is 9.68. The van der Waals surface area contributed by atoms with Gasteiger partial charge in [0.05, 0.1) is 12.0 Å². The second-order valence-electron chi connectivity index (χ2n) is 8.03. The first-order valence-electron chi connectivity index (χ1n) is 10.0. The molecule has 2 saturated heterocycles. The average Bonchev–Trinajstić information content (AvgIpc) is 3.36. The van der Waals surface area contributed by atoms with E-state index < -0.39 is 40.6 Å². The van der Waals surface area contributed by atoms with Crippen molar-refractivity contribution in [1.29, 1.82) is 0 Å². The van der Waals surface area contributed by atoms with Crippen LogP contribution in [0.1, 0.15) is 20.1 Å². The third-order valence-corrected chi connectivity index (χ3v) is 6.66. The van der Waals surface area contributed by atoms with Crippen LogP contribution >= 0.6 is 11.8 Å². The van der Waals surface area contributed by atoms with Crippen molar-refractivity contribution in [2.24, 2.45) is 5.14 Å². The molecule has 0 radical (unpaired) electrons. The number of nitrogens with two attached hydrogens (primary N) is 2. The highest BCUT2D eigenvalue weighted by Gasteiger charge is 2.57. The van der Waals surface area contributed by atoms with Crippen LogP contribution < -0.4 is 10.9 Å². The van der Waals surface area contributed by atoms with E-state index >= 15 is 0 Å². The maximum absolute atomic E-state index is 11.3. The second kappa shape index (κ2) is 8.16. The summed E-state index contributed by atoms with van der Waals surface area (Å²) >= 11 is 1.41. The van der Waals surface area contributed by atoms with Crippen molar-refractivity contribution in [3.63, 3.8) is 0 Å². The lowest BCUT2D eigenvalue weighted by molar-refractivity contribution is -0.200. The van der Waals surface area contributed by atoms with Gasteiger partial charge in [0, 0.05) is 4.90 Å². The number of anilines is 1. The molecule has 0 spiro atoms. The predicted octanol–water partition coefficient (Wildman–Crippen LogP) is 1.20. The van der Waals surface area contributed by atoms with Gasteiger partial charge in [0.2, 0.25) is 0 Å². The number of benzene rings is 1. The molecule has 4 atom stereocenters. The molecule has 4 N–H and O–H groups in total. The SMILES string of the molecule is CC1(C)O[C@@H]2[C@H](O1)[C@@H](COS(N)(=O)=O)O[C@H]2n1nc(Sc2ccccc2)c2c(N)ncnc21. The Morgan fingerprint density at radius 2 is 1.91 bits per heavy atom. The van der Waals surface area contributed by atoms with Crippen molar-refractivity contribution in [2.45, 2.75) is 54.1 Å². The summed E-state index contributed by atoms with van der Waals surface area (Å²) in [5.74, 6) is -0.646. The zero-order chi connectivity index (χ0) is 23.4. The number of ether oxygens (including phenoxy) is 3. The van der Waals surface area contributed by atoms with E-state index in [4.69, 9.17) is 34.4 Å². The van der Waals surface area contributed by atoms with Crippen molar-refractivity contribution in [3.8, 4) is 0 Å². The van der Waals surface area contributed by atoms with Gasteiger partial charge in [-0.15, -0.1) is 0 Å². The molecule has 33 heavy (non-hydrogen) atoms. The van der Waals surface area contributed by atoms with Crippen molar-refractivity contribution in [3.05, 3.63) is 36.7 Å². The van der Waals surface area contributed by atoms with Crippen LogP contribution in [0.4, 0.5) is 5.82 Å². The van der Waals surface area contributed by atoms with Gasteiger partial charge in [-0.1, -0.05) is 30.0 Å². The summed E-state index contributed by atoms with van der Waals surface area (Å²) in [4.78, 5) is 9.45. The average molecular weight is 495 g/mol. The Morgan fingerprint density at radius 1 is 1.18 bits per heavy atom. The zero-order valence-corrected chi connectivity index (χ0v) is 19.3. The molecule has 0 bridgehead atoms. The molecule has 3 aromatic rings. The monoisotopic (exact) mass is 494 g/mol. The van der Waals surface area contributed by atoms with Crippen LogP contribution in [-0.4, -0.2) is 58.9 Å². The Balaban J connectivity index is 1.54. The Hall–Kier alpha value is -2.33. The normalized spacial score (nSPS) is 26.6. The van der Waals surface area contributed by atoms with Crippen LogP contribution in [0.2, 0.25) is 0 Å². The lowest BCUT2D eigenvalue weighted by atomic mass is 10.1. The Kier molecular flexibility index (Phi) is 5.55. The van der Waals surface area contributed by atoms with Crippen molar-refractivity contribution < 1.29 is 26.8 Å². The van der Waals surface area contributed by atoms with Crippen LogP contribution in [0.5, 0.6) is 0 Å². The van der Waals surface area contributed by atoms with Gasteiger partial charge in [-0.05, 0) is 26.0 Å². The molecule has 14 heteroatoms. The van der Waals surface area contributed by atoms with Gasteiger partial charge in [0.1, 0.15) is 35.5 Å². The van der Waals surface area contributed by atoms with Gasteiger partial charge in [-0.2, -0.15) is 13.5 Å². The van der Waals surface area contributed by atoms with Gasteiger partial charge >= 0.3 is 10.3 Å². The summed E-state index contributed by atoms with van der Waals surface area (Å²) in [5.41, 5.74) is 6.63. The number of rotatable bonds is 6. The molecule has 2 aromatic heterocycles. The topological polar surface area (TPSA) is 167 Å². The smallest absolute Gasteiger partial charge is 0.333 e. The predicted molar refractivity (Wildman–Crippen MR) is 117 cm³/mol. The van der Waals surface area contributed by atoms with Crippen LogP contribution in [0.3, 0.4) is 0 Å². The number of nitrogens with zero attached hydrogens (tertiary/aromatic N) is 4. The number of hydrogen-bond acceptors (Lipinski definition) is 11.